The van der Waals surface area contributed by atoms with Gasteiger partial charge in [0.05, 0.1) is 6.04 Å². The lowest BCUT2D eigenvalue weighted by Crippen LogP contribution is -2.29. The lowest BCUT2D eigenvalue weighted by molar-refractivity contribution is -0.122. The molecule has 108 valence electrons. The second-order valence-electron chi connectivity index (χ2n) is 6.14. The maximum atomic E-state index is 11.8. The first-order valence-electron chi connectivity index (χ1n) is 7.89. The molecule has 3 rings (SSSR count). The second-order valence-corrected chi connectivity index (χ2v) is 6.14. The van der Waals surface area contributed by atoms with E-state index in [1.807, 2.05) is 0 Å². The molecule has 2 fully saturated rings. The Balaban J connectivity index is 1.60. The third-order valence-electron chi connectivity index (χ3n) is 4.42. The van der Waals surface area contributed by atoms with Gasteiger partial charge in [0.2, 0.25) is 5.91 Å². The number of nitrogens with zero attached hydrogens (tertiary/aromatic N) is 1. The van der Waals surface area contributed by atoms with Crippen molar-refractivity contribution in [3.63, 3.8) is 0 Å². The Labute approximate surface area is 121 Å². The molecule has 1 amide bonds. The van der Waals surface area contributed by atoms with Crippen molar-refractivity contribution in [3.8, 4) is 0 Å². The number of benzene rings is 1. The van der Waals surface area contributed by atoms with Crippen LogP contribution < -0.4 is 10.2 Å². The van der Waals surface area contributed by atoms with Gasteiger partial charge in [0.25, 0.3) is 0 Å². The van der Waals surface area contributed by atoms with Crippen LogP contribution in [0.25, 0.3) is 0 Å². The quantitative estimate of drug-likeness (QED) is 0.912. The number of nitrogens with one attached hydrogen (secondary N) is 1. The fraction of sp³-hybridized carbons (Fsp3) is 0.588. The zero-order valence-corrected chi connectivity index (χ0v) is 12.3. The van der Waals surface area contributed by atoms with E-state index in [4.69, 9.17) is 0 Å². The molecule has 2 aliphatic rings. The molecule has 0 spiro atoms. The number of hydrogen-bond donors (Lipinski definition) is 1. The molecule has 1 aliphatic heterocycles. The summed E-state index contributed by atoms with van der Waals surface area (Å²) in [5, 5.41) is 3.10. The van der Waals surface area contributed by atoms with Gasteiger partial charge in [0.15, 0.2) is 0 Å². The first kappa shape index (κ1) is 13.5. The van der Waals surface area contributed by atoms with Gasteiger partial charge in [-0.1, -0.05) is 12.1 Å². The minimum absolute atomic E-state index is 0.110. The Kier molecular flexibility index (Phi) is 3.95. The van der Waals surface area contributed by atoms with E-state index in [1.54, 1.807) is 0 Å². The lowest BCUT2D eigenvalue weighted by atomic mass is 10.1. The van der Waals surface area contributed by atoms with Gasteiger partial charge in [-0.15, -0.1) is 0 Å². The predicted molar refractivity (Wildman–Crippen MR) is 81.8 cm³/mol. The Morgan fingerprint density at radius 1 is 1.15 bits per heavy atom. The van der Waals surface area contributed by atoms with Crippen LogP contribution in [-0.4, -0.2) is 19.0 Å². The monoisotopic (exact) mass is 272 g/mol. The van der Waals surface area contributed by atoms with Gasteiger partial charge in [-0.3, -0.25) is 4.79 Å². The minimum Gasteiger partial charge on any atom is -0.372 e. The summed E-state index contributed by atoms with van der Waals surface area (Å²) in [6.45, 7) is 4.41. The van der Waals surface area contributed by atoms with Gasteiger partial charge in [0, 0.05) is 24.7 Å². The van der Waals surface area contributed by atoms with Crippen molar-refractivity contribution in [3.05, 3.63) is 29.8 Å². The van der Waals surface area contributed by atoms with E-state index in [0.717, 1.165) is 12.8 Å². The summed E-state index contributed by atoms with van der Waals surface area (Å²) in [6, 6.07) is 8.81. The van der Waals surface area contributed by atoms with Crippen molar-refractivity contribution >= 4 is 11.6 Å². The summed E-state index contributed by atoms with van der Waals surface area (Å²) >= 11 is 0. The van der Waals surface area contributed by atoms with Crippen LogP contribution in [0.4, 0.5) is 5.69 Å². The maximum absolute atomic E-state index is 11.8. The highest BCUT2D eigenvalue weighted by Gasteiger charge is 2.30. The molecule has 0 radical (unpaired) electrons. The van der Waals surface area contributed by atoms with Crippen LogP contribution in [0.1, 0.15) is 50.6 Å². The molecular weight excluding hydrogens is 248 g/mol. The average Bonchev–Trinajstić information content (AvgIpc) is 3.33. The van der Waals surface area contributed by atoms with Gasteiger partial charge in [-0.2, -0.15) is 0 Å². The topological polar surface area (TPSA) is 32.3 Å². The molecule has 1 heterocycles. The van der Waals surface area contributed by atoms with Crippen LogP contribution in [0.3, 0.4) is 0 Å². The molecule has 0 aromatic heterocycles. The summed E-state index contributed by atoms with van der Waals surface area (Å²) in [7, 11) is 0. The third kappa shape index (κ3) is 3.14. The standard InChI is InChI=1S/C17H24N2O/c1-13(18-17(20)15-5-6-15)14-7-9-16(10-8-14)19-11-3-2-4-12-19/h7-10,13,15H,2-6,11-12H2,1H3,(H,18,20)/t13-/m1/s1. The Bertz CT molecular complexity index is 458. The van der Waals surface area contributed by atoms with Crippen LogP contribution in [-0.2, 0) is 4.79 Å². The molecule has 0 unspecified atom stereocenters. The van der Waals surface area contributed by atoms with E-state index in [2.05, 4.69) is 41.4 Å². The summed E-state index contributed by atoms with van der Waals surface area (Å²) < 4.78 is 0. The van der Waals surface area contributed by atoms with E-state index in [0.29, 0.717) is 0 Å². The fourth-order valence-corrected chi connectivity index (χ4v) is 2.89. The Morgan fingerprint density at radius 3 is 2.40 bits per heavy atom. The molecule has 1 N–H and O–H groups in total. The van der Waals surface area contributed by atoms with Gasteiger partial charge >= 0.3 is 0 Å². The molecular formula is C17H24N2O. The molecule has 1 atom stereocenters. The van der Waals surface area contributed by atoms with Crippen LogP contribution in [0.2, 0.25) is 0 Å². The van der Waals surface area contributed by atoms with Crippen LogP contribution in [0.15, 0.2) is 24.3 Å². The number of hydrogen-bond acceptors (Lipinski definition) is 2. The smallest absolute Gasteiger partial charge is 0.223 e. The van der Waals surface area contributed by atoms with Crippen molar-refractivity contribution in [1.82, 2.24) is 5.32 Å². The maximum Gasteiger partial charge on any atom is 0.223 e. The first-order valence-corrected chi connectivity index (χ1v) is 7.89. The predicted octanol–water partition coefficient (Wildman–Crippen LogP) is 3.26. The Hall–Kier alpha value is -1.51. The molecule has 3 nitrogen and oxygen atoms in total. The van der Waals surface area contributed by atoms with Gasteiger partial charge < -0.3 is 10.2 Å². The highest BCUT2D eigenvalue weighted by molar-refractivity contribution is 5.81. The summed E-state index contributed by atoms with van der Waals surface area (Å²) in [6.07, 6.45) is 6.09. The molecule has 1 saturated carbocycles. The van der Waals surface area contributed by atoms with Crippen LogP contribution in [0.5, 0.6) is 0 Å². The zero-order chi connectivity index (χ0) is 13.9. The molecule has 3 heteroatoms. The molecule has 20 heavy (non-hydrogen) atoms. The summed E-state index contributed by atoms with van der Waals surface area (Å²) in [5.41, 5.74) is 2.51. The number of carbonyl (C=O) groups is 1. The molecule has 1 aromatic rings. The largest absolute Gasteiger partial charge is 0.372 e. The Morgan fingerprint density at radius 2 is 1.80 bits per heavy atom. The SMILES string of the molecule is C[C@@H](NC(=O)C1CC1)c1ccc(N2CCCCC2)cc1. The number of anilines is 1. The molecule has 1 aliphatic carbocycles. The van der Waals surface area contributed by atoms with E-state index >= 15 is 0 Å². The van der Waals surface area contributed by atoms with Crippen LogP contribution in [0, 0.1) is 5.92 Å². The summed E-state index contributed by atoms with van der Waals surface area (Å²) in [5.74, 6) is 0.502. The number of piperidine rings is 1. The molecule has 0 bridgehead atoms. The van der Waals surface area contributed by atoms with Gasteiger partial charge in [-0.05, 0) is 56.7 Å². The highest BCUT2D eigenvalue weighted by atomic mass is 16.2. The van der Waals surface area contributed by atoms with Gasteiger partial charge in [-0.25, -0.2) is 0 Å². The fourth-order valence-electron chi connectivity index (χ4n) is 2.89. The minimum atomic E-state index is 0.110. The van der Waals surface area contributed by atoms with E-state index in [9.17, 15) is 4.79 Å². The van der Waals surface area contributed by atoms with Crippen molar-refractivity contribution in [1.29, 1.82) is 0 Å². The second kappa shape index (κ2) is 5.86. The highest BCUT2D eigenvalue weighted by Crippen LogP contribution is 2.30. The number of amides is 1. The molecule has 1 saturated heterocycles. The van der Waals surface area contributed by atoms with Crippen molar-refractivity contribution in [2.24, 2.45) is 5.92 Å². The van der Waals surface area contributed by atoms with Crippen LogP contribution >= 0.6 is 0 Å². The number of rotatable bonds is 4. The third-order valence-corrected chi connectivity index (χ3v) is 4.42. The lowest BCUT2D eigenvalue weighted by Gasteiger charge is -2.29. The zero-order valence-electron chi connectivity index (χ0n) is 12.3. The van der Waals surface area contributed by atoms with Crippen molar-refractivity contribution in [2.45, 2.75) is 45.1 Å². The van der Waals surface area contributed by atoms with Crippen molar-refractivity contribution < 1.29 is 4.79 Å². The molecule has 1 aromatic carbocycles. The van der Waals surface area contributed by atoms with E-state index < -0.39 is 0 Å². The average molecular weight is 272 g/mol. The van der Waals surface area contributed by atoms with E-state index in [1.165, 1.54) is 43.6 Å². The van der Waals surface area contributed by atoms with Gasteiger partial charge in [0.1, 0.15) is 0 Å². The number of carbonyl (C=O) groups excluding carboxylic acids is 1. The van der Waals surface area contributed by atoms with E-state index in [-0.39, 0.29) is 17.9 Å². The normalized spacial score (nSPS) is 20.6. The van der Waals surface area contributed by atoms with Crippen molar-refractivity contribution in [2.75, 3.05) is 18.0 Å². The summed E-state index contributed by atoms with van der Waals surface area (Å²) in [4.78, 5) is 14.2. The first-order chi connectivity index (χ1) is 9.74.